The summed E-state index contributed by atoms with van der Waals surface area (Å²) >= 11 is 1.87. The maximum atomic E-state index is 4.99. The number of anilines is 1. The summed E-state index contributed by atoms with van der Waals surface area (Å²) in [6.45, 7) is 5.49. The van der Waals surface area contributed by atoms with Crippen molar-refractivity contribution in [3.8, 4) is 0 Å². The number of fused-ring (bicyclic) bond motifs is 1. The first-order valence-corrected chi connectivity index (χ1v) is 8.79. The molecule has 0 aromatic carbocycles. The molecule has 2 aliphatic rings. The van der Waals surface area contributed by atoms with Crippen LogP contribution in [0.5, 0.6) is 0 Å². The molecule has 2 aliphatic heterocycles. The zero-order chi connectivity index (χ0) is 14.2. The van der Waals surface area contributed by atoms with Gasteiger partial charge in [-0.05, 0) is 56.3 Å². The van der Waals surface area contributed by atoms with Crippen molar-refractivity contribution in [1.29, 1.82) is 0 Å². The van der Waals surface area contributed by atoms with Crippen LogP contribution < -0.4 is 10.6 Å². The fourth-order valence-electron chi connectivity index (χ4n) is 3.53. The summed E-state index contributed by atoms with van der Waals surface area (Å²) in [5.41, 5.74) is 2.68. The predicted molar refractivity (Wildman–Crippen MR) is 87.4 cm³/mol. The molecule has 2 aromatic heterocycles. The van der Waals surface area contributed by atoms with Gasteiger partial charge < -0.3 is 10.6 Å². The number of rotatable bonds is 2. The molecule has 0 amide bonds. The summed E-state index contributed by atoms with van der Waals surface area (Å²) in [4.78, 5) is 1.47. The second-order valence-corrected chi connectivity index (χ2v) is 7.07. The van der Waals surface area contributed by atoms with Crippen molar-refractivity contribution in [3.05, 3.63) is 33.6 Å². The van der Waals surface area contributed by atoms with E-state index in [2.05, 4.69) is 39.8 Å². The number of hydrogen-bond donors (Lipinski definition) is 2. The number of nitrogens with one attached hydrogen (secondary N) is 2. The van der Waals surface area contributed by atoms with Gasteiger partial charge in [-0.25, -0.2) is 4.68 Å². The SMILES string of the molecule is Cc1ccsc1C1CCNc2cc(C3CCNCC3)nn21. The van der Waals surface area contributed by atoms with E-state index in [1.165, 1.54) is 34.8 Å². The van der Waals surface area contributed by atoms with Crippen molar-refractivity contribution in [3.63, 3.8) is 0 Å². The van der Waals surface area contributed by atoms with E-state index in [0.29, 0.717) is 12.0 Å². The van der Waals surface area contributed by atoms with Gasteiger partial charge >= 0.3 is 0 Å². The van der Waals surface area contributed by atoms with Gasteiger partial charge in [0.25, 0.3) is 0 Å². The lowest BCUT2D eigenvalue weighted by Gasteiger charge is -2.25. The smallest absolute Gasteiger partial charge is 0.125 e. The van der Waals surface area contributed by atoms with Gasteiger partial charge in [-0.2, -0.15) is 5.10 Å². The molecule has 1 fully saturated rings. The fraction of sp³-hybridized carbons (Fsp3) is 0.562. The molecular formula is C16H22N4S. The van der Waals surface area contributed by atoms with Crippen LogP contribution in [0.1, 0.15) is 47.4 Å². The Bertz CT molecular complexity index is 624. The third kappa shape index (κ3) is 2.38. The highest BCUT2D eigenvalue weighted by molar-refractivity contribution is 7.10. The average Bonchev–Trinajstić information content (AvgIpc) is 3.14. The molecule has 1 atom stereocenters. The summed E-state index contributed by atoms with van der Waals surface area (Å²) in [5.74, 6) is 1.82. The van der Waals surface area contributed by atoms with Gasteiger partial charge in [0.2, 0.25) is 0 Å². The molecule has 0 aliphatic carbocycles. The van der Waals surface area contributed by atoms with Crippen molar-refractivity contribution >= 4 is 17.2 Å². The first-order chi connectivity index (χ1) is 10.3. The Morgan fingerprint density at radius 2 is 2.10 bits per heavy atom. The zero-order valence-electron chi connectivity index (χ0n) is 12.4. The number of piperidine rings is 1. The van der Waals surface area contributed by atoms with E-state index in [9.17, 15) is 0 Å². The Labute approximate surface area is 129 Å². The van der Waals surface area contributed by atoms with Gasteiger partial charge in [0.1, 0.15) is 5.82 Å². The Balaban J connectivity index is 1.68. The molecule has 2 N–H and O–H groups in total. The summed E-state index contributed by atoms with van der Waals surface area (Å²) in [6, 6.07) is 4.92. The lowest BCUT2D eigenvalue weighted by atomic mass is 9.95. The minimum atomic E-state index is 0.414. The molecule has 1 saturated heterocycles. The maximum Gasteiger partial charge on any atom is 0.125 e. The number of nitrogens with zero attached hydrogens (tertiary/aromatic N) is 2. The maximum absolute atomic E-state index is 4.99. The third-order valence-corrected chi connectivity index (χ3v) is 5.86. The molecule has 21 heavy (non-hydrogen) atoms. The number of aromatic nitrogens is 2. The highest BCUT2D eigenvalue weighted by Gasteiger charge is 2.27. The number of thiophene rings is 1. The number of aryl methyl sites for hydroxylation is 1. The fourth-order valence-corrected chi connectivity index (χ4v) is 4.57. The summed E-state index contributed by atoms with van der Waals surface area (Å²) < 4.78 is 2.24. The molecule has 0 bridgehead atoms. The highest BCUT2D eigenvalue weighted by Crippen LogP contribution is 2.36. The molecule has 0 saturated carbocycles. The molecule has 0 radical (unpaired) electrons. The molecule has 0 spiro atoms. The standard InChI is InChI=1S/C16H22N4S/c1-11-5-9-21-16(11)14-4-8-18-15-10-13(19-20(14)15)12-2-6-17-7-3-12/h5,9-10,12,14,17-18H,2-4,6-8H2,1H3. The van der Waals surface area contributed by atoms with Crippen molar-refractivity contribution in [1.82, 2.24) is 15.1 Å². The quantitative estimate of drug-likeness (QED) is 0.895. The van der Waals surface area contributed by atoms with E-state index in [1.807, 2.05) is 11.3 Å². The first kappa shape index (κ1) is 13.3. The second-order valence-electron chi connectivity index (χ2n) is 6.12. The van der Waals surface area contributed by atoms with Crippen LogP contribution in [0.4, 0.5) is 5.82 Å². The van der Waals surface area contributed by atoms with Crippen molar-refractivity contribution < 1.29 is 0 Å². The van der Waals surface area contributed by atoms with E-state index in [4.69, 9.17) is 5.10 Å². The van der Waals surface area contributed by atoms with Gasteiger partial charge in [0, 0.05) is 23.4 Å². The lowest BCUT2D eigenvalue weighted by molar-refractivity contribution is 0.435. The van der Waals surface area contributed by atoms with Crippen LogP contribution in [0.2, 0.25) is 0 Å². The Kier molecular flexibility index (Phi) is 3.47. The van der Waals surface area contributed by atoms with Crippen molar-refractivity contribution in [2.24, 2.45) is 0 Å². The average molecular weight is 302 g/mol. The zero-order valence-corrected chi connectivity index (χ0v) is 13.2. The molecule has 1 unspecified atom stereocenters. The van der Waals surface area contributed by atoms with Crippen LogP contribution in [-0.4, -0.2) is 29.4 Å². The first-order valence-electron chi connectivity index (χ1n) is 7.91. The van der Waals surface area contributed by atoms with Gasteiger partial charge in [0.15, 0.2) is 0 Å². The predicted octanol–water partition coefficient (Wildman–Crippen LogP) is 3.13. The molecule has 5 heteroatoms. The molecule has 112 valence electrons. The Morgan fingerprint density at radius 1 is 1.24 bits per heavy atom. The molecule has 4 rings (SSSR count). The molecule has 4 nitrogen and oxygen atoms in total. The van der Waals surface area contributed by atoms with Gasteiger partial charge in [-0.15, -0.1) is 11.3 Å². The molecule has 2 aromatic rings. The number of hydrogen-bond acceptors (Lipinski definition) is 4. The van der Waals surface area contributed by atoms with Crippen LogP contribution in [0.25, 0.3) is 0 Å². The minimum Gasteiger partial charge on any atom is -0.370 e. The highest BCUT2D eigenvalue weighted by atomic mass is 32.1. The Hall–Kier alpha value is -1.33. The van der Waals surface area contributed by atoms with Crippen molar-refractivity contribution in [2.75, 3.05) is 25.0 Å². The minimum absolute atomic E-state index is 0.414. The van der Waals surface area contributed by atoms with Gasteiger partial charge in [-0.1, -0.05) is 0 Å². The van der Waals surface area contributed by atoms with Crippen LogP contribution >= 0.6 is 11.3 Å². The summed E-state index contributed by atoms with van der Waals surface area (Å²) in [7, 11) is 0. The van der Waals surface area contributed by atoms with E-state index in [1.54, 1.807) is 0 Å². The van der Waals surface area contributed by atoms with Crippen LogP contribution in [0.15, 0.2) is 17.5 Å². The van der Waals surface area contributed by atoms with E-state index in [0.717, 1.165) is 26.1 Å². The van der Waals surface area contributed by atoms with Crippen LogP contribution in [0.3, 0.4) is 0 Å². The normalized spacial score (nSPS) is 22.8. The van der Waals surface area contributed by atoms with Gasteiger partial charge in [-0.3, -0.25) is 0 Å². The van der Waals surface area contributed by atoms with Gasteiger partial charge in [0.05, 0.1) is 11.7 Å². The lowest BCUT2D eigenvalue weighted by Crippen LogP contribution is -2.27. The molecular weight excluding hydrogens is 280 g/mol. The largest absolute Gasteiger partial charge is 0.370 e. The van der Waals surface area contributed by atoms with Crippen LogP contribution in [0, 0.1) is 6.92 Å². The molecule has 4 heterocycles. The summed E-state index contributed by atoms with van der Waals surface area (Å²) in [5, 5.41) is 14.1. The monoisotopic (exact) mass is 302 g/mol. The Morgan fingerprint density at radius 3 is 2.86 bits per heavy atom. The topological polar surface area (TPSA) is 41.9 Å². The van der Waals surface area contributed by atoms with E-state index >= 15 is 0 Å². The van der Waals surface area contributed by atoms with Crippen LogP contribution in [-0.2, 0) is 0 Å². The van der Waals surface area contributed by atoms with E-state index < -0.39 is 0 Å². The van der Waals surface area contributed by atoms with E-state index in [-0.39, 0.29) is 0 Å². The third-order valence-electron chi connectivity index (χ3n) is 4.74. The summed E-state index contributed by atoms with van der Waals surface area (Å²) in [6.07, 6.45) is 3.54. The second kappa shape index (κ2) is 5.46. The van der Waals surface area contributed by atoms with Crippen molar-refractivity contribution in [2.45, 2.75) is 38.1 Å².